The molecule has 0 spiro atoms. The van der Waals surface area contributed by atoms with Gasteiger partial charge in [-0.2, -0.15) is 0 Å². The quantitative estimate of drug-likeness (QED) is 0.761. The van der Waals surface area contributed by atoms with Crippen molar-refractivity contribution in [3.05, 3.63) is 66.4 Å². The van der Waals surface area contributed by atoms with Gasteiger partial charge in [0, 0.05) is 23.7 Å². The summed E-state index contributed by atoms with van der Waals surface area (Å²) in [5.41, 5.74) is 2.10. The number of hydrogen-bond donors (Lipinski definition) is 1. The minimum absolute atomic E-state index is 0.801. The van der Waals surface area contributed by atoms with Gasteiger partial charge in [-0.1, -0.05) is 31.2 Å². The van der Waals surface area contributed by atoms with Crippen molar-refractivity contribution in [3.8, 4) is 11.5 Å². The average Bonchev–Trinajstić information content (AvgIpc) is 2.54. The summed E-state index contributed by atoms with van der Waals surface area (Å²) < 4.78 is 6.14. The molecule has 21 heavy (non-hydrogen) atoms. The lowest BCUT2D eigenvalue weighted by Crippen LogP contribution is -2.12. The fourth-order valence-electron chi connectivity index (χ4n) is 2.29. The highest BCUT2D eigenvalue weighted by Crippen LogP contribution is 2.30. The zero-order valence-corrected chi connectivity index (χ0v) is 12.0. The van der Waals surface area contributed by atoms with Crippen LogP contribution in [0.3, 0.4) is 0 Å². The Bertz CT molecular complexity index is 735. The number of fused-ring (bicyclic) bond motifs is 1. The molecule has 3 rings (SSSR count). The summed E-state index contributed by atoms with van der Waals surface area (Å²) in [4.78, 5) is 4.36. The number of nitrogens with zero attached hydrogens (tertiary/aromatic N) is 1. The summed E-state index contributed by atoms with van der Waals surface area (Å²) >= 11 is 0. The fraction of sp³-hybridized carbons (Fsp3) is 0.167. The molecule has 0 unspecified atom stereocenters. The molecule has 1 aromatic heterocycles. The predicted octanol–water partition coefficient (Wildman–Crippen LogP) is 4.14. The maximum atomic E-state index is 6.14. The summed E-state index contributed by atoms with van der Waals surface area (Å²) in [5, 5.41) is 4.36. The van der Waals surface area contributed by atoms with Crippen LogP contribution in [0.2, 0.25) is 0 Å². The molecule has 0 bridgehead atoms. The van der Waals surface area contributed by atoms with Gasteiger partial charge in [-0.25, -0.2) is 0 Å². The molecule has 1 N–H and O–H groups in total. The third-order valence-corrected chi connectivity index (χ3v) is 3.36. The van der Waals surface area contributed by atoms with Crippen LogP contribution in [0.5, 0.6) is 11.5 Å². The standard InChI is InChI=1S/C18H18N2O/c1-2-19-13-14-7-3-4-10-17(14)21-18-11-5-9-16-15(18)8-6-12-20-16/h3-12,19H,2,13H2,1H3. The zero-order valence-electron chi connectivity index (χ0n) is 12.0. The van der Waals surface area contributed by atoms with Crippen molar-refractivity contribution >= 4 is 10.9 Å². The average molecular weight is 278 g/mol. The lowest BCUT2D eigenvalue weighted by atomic mass is 10.2. The van der Waals surface area contributed by atoms with Gasteiger partial charge >= 0.3 is 0 Å². The van der Waals surface area contributed by atoms with Gasteiger partial charge in [-0.3, -0.25) is 4.98 Å². The van der Waals surface area contributed by atoms with Crippen LogP contribution in [0, 0.1) is 0 Å². The van der Waals surface area contributed by atoms with Crippen LogP contribution >= 0.6 is 0 Å². The number of rotatable bonds is 5. The second kappa shape index (κ2) is 6.37. The van der Waals surface area contributed by atoms with Crippen molar-refractivity contribution in [2.45, 2.75) is 13.5 Å². The van der Waals surface area contributed by atoms with Crippen LogP contribution in [0.15, 0.2) is 60.8 Å². The van der Waals surface area contributed by atoms with Crippen LogP contribution in [-0.2, 0) is 6.54 Å². The van der Waals surface area contributed by atoms with E-state index < -0.39 is 0 Å². The smallest absolute Gasteiger partial charge is 0.136 e. The van der Waals surface area contributed by atoms with Crippen LogP contribution in [0.1, 0.15) is 12.5 Å². The molecule has 0 aliphatic carbocycles. The van der Waals surface area contributed by atoms with E-state index >= 15 is 0 Å². The van der Waals surface area contributed by atoms with Gasteiger partial charge < -0.3 is 10.1 Å². The maximum absolute atomic E-state index is 6.14. The number of hydrogen-bond acceptors (Lipinski definition) is 3. The van der Waals surface area contributed by atoms with Crippen LogP contribution in [-0.4, -0.2) is 11.5 Å². The van der Waals surface area contributed by atoms with Crippen molar-refractivity contribution in [3.63, 3.8) is 0 Å². The van der Waals surface area contributed by atoms with E-state index in [1.807, 2.05) is 48.5 Å². The summed E-state index contributed by atoms with van der Waals surface area (Å²) in [7, 11) is 0. The van der Waals surface area contributed by atoms with Gasteiger partial charge in [0.15, 0.2) is 0 Å². The zero-order chi connectivity index (χ0) is 14.5. The third kappa shape index (κ3) is 3.03. The summed E-state index contributed by atoms with van der Waals surface area (Å²) in [6.45, 7) is 3.84. The first kappa shape index (κ1) is 13.6. The molecule has 0 saturated carbocycles. The largest absolute Gasteiger partial charge is 0.456 e. The Labute approximate surface area is 124 Å². The molecule has 0 atom stereocenters. The van der Waals surface area contributed by atoms with Gasteiger partial charge in [0.2, 0.25) is 0 Å². The molecule has 3 aromatic rings. The minimum atomic E-state index is 0.801. The van der Waals surface area contributed by atoms with E-state index in [1.165, 1.54) is 0 Å². The van der Waals surface area contributed by atoms with Gasteiger partial charge in [0.05, 0.1) is 5.52 Å². The molecule has 1 heterocycles. The Morgan fingerprint density at radius 3 is 2.71 bits per heavy atom. The molecule has 0 radical (unpaired) electrons. The molecule has 3 heteroatoms. The highest BCUT2D eigenvalue weighted by molar-refractivity contribution is 5.85. The number of pyridine rings is 1. The lowest BCUT2D eigenvalue weighted by Gasteiger charge is -2.13. The van der Waals surface area contributed by atoms with E-state index in [0.29, 0.717) is 0 Å². The van der Waals surface area contributed by atoms with Gasteiger partial charge in [0.25, 0.3) is 0 Å². The van der Waals surface area contributed by atoms with Crippen LogP contribution in [0.25, 0.3) is 10.9 Å². The van der Waals surface area contributed by atoms with Crippen LogP contribution in [0.4, 0.5) is 0 Å². The number of ether oxygens (including phenoxy) is 1. The fourth-order valence-corrected chi connectivity index (χ4v) is 2.29. The monoisotopic (exact) mass is 278 g/mol. The number of nitrogens with one attached hydrogen (secondary N) is 1. The first-order valence-corrected chi connectivity index (χ1v) is 7.18. The lowest BCUT2D eigenvalue weighted by molar-refractivity contribution is 0.478. The van der Waals surface area contributed by atoms with E-state index in [9.17, 15) is 0 Å². The summed E-state index contributed by atoms with van der Waals surface area (Å²) in [6.07, 6.45) is 1.80. The van der Waals surface area contributed by atoms with Crippen molar-refractivity contribution in [2.75, 3.05) is 6.54 Å². The number of para-hydroxylation sites is 1. The van der Waals surface area contributed by atoms with Crippen molar-refractivity contribution < 1.29 is 4.74 Å². The molecule has 0 aliphatic heterocycles. The number of benzene rings is 2. The first-order chi connectivity index (χ1) is 10.4. The van der Waals surface area contributed by atoms with Crippen molar-refractivity contribution in [2.24, 2.45) is 0 Å². The Kier molecular flexibility index (Phi) is 4.12. The van der Waals surface area contributed by atoms with Crippen molar-refractivity contribution in [1.82, 2.24) is 10.3 Å². The van der Waals surface area contributed by atoms with E-state index in [-0.39, 0.29) is 0 Å². The maximum Gasteiger partial charge on any atom is 0.136 e. The van der Waals surface area contributed by atoms with Crippen LogP contribution < -0.4 is 10.1 Å². The SMILES string of the molecule is CCNCc1ccccc1Oc1cccc2ncccc12. The van der Waals surface area contributed by atoms with E-state index in [1.54, 1.807) is 6.20 Å². The van der Waals surface area contributed by atoms with Crippen molar-refractivity contribution in [1.29, 1.82) is 0 Å². The van der Waals surface area contributed by atoms with Gasteiger partial charge in [-0.05, 0) is 36.9 Å². The first-order valence-electron chi connectivity index (χ1n) is 7.18. The van der Waals surface area contributed by atoms with E-state index in [0.717, 1.165) is 41.1 Å². The molecule has 0 aliphatic rings. The van der Waals surface area contributed by atoms with E-state index in [4.69, 9.17) is 4.74 Å². The Hall–Kier alpha value is -2.39. The molecule has 0 saturated heterocycles. The van der Waals surface area contributed by atoms with Gasteiger partial charge in [0.1, 0.15) is 11.5 Å². The Morgan fingerprint density at radius 2 is 1.81 bits per heavy atom. The molecule has 0 fully saturated rings. The molecular formula is C18H18N2O. The highest BCUT2D eigenvalue weighted by atomic mass is 16.5. The minimum Gasteiger partial charge on any atom is -0.456 e. The Morgan fingerprint density at radius 1 is 0.952 bits per heavy atom. The normalized spacial score (nSPS) is 10.7. The summed E-state index contributed by atoms with van der Waals surface area (Å²) in [5.74, 6) is 1.72. The molecule has 106 valence electrons. The predicted molar refractivity (Wildman–Crippen MR) is 85.6 cm³/mol. The van der Waals surface area contributed by atoms with E-state index in [2.05, 4.69) is 23.3 Å². The molecule has 0 amide bonds. The molecule has 2 aromatic carbocycles. The highest BCUT2D eigenvalue weighted by Gasteiger charge is 2.07. The molecule has 3 nitrogen and oxygen atoms in total. The number of aromatic nitrogens is 1. The Balaban J connectivity index is 1.95. The van der Waals surface area contributed by atoms with Gasteiger partial charge in [-0.15, -0.1) is 0 Å². The third-order valence-electron chi connectivity index (χ3n) is 3.36. The summed E-state index contributed by atoms with van der Waals surface area (Å²) in [6, 6.07) is 18.0. The molecular weight excluding hydrogens is 260 g/mol. The topological polar surface area (TPSA) is 34.1 Å². The second-order valence-corrected chi connectivity index (χ2v) is 4.82. The second-order valence-electron chi connectivity index (χ2n) is 4.82.